The molecule has 1 aromatic carbocycles. The molecule has 0 saturated heterocycles. The summed E-state index contributed by atoms with van der Waals surface area (Å²) in [5.74, 6) is 2.35. The van der Waals surface area contributed by atoms with Crippen molar-refractivity contribution >= 4 is 23.4 Å². The number of carbonyl (C=O) groups is 1. The maximum absolute atomic E-state index is 11.7. The highest BCUT2D eigenvalue weighted by molar-refractivity contribution is 8.00. The van der Waals surface area contributed by atoms with E-state index < -0.39 is 0 Å². The third-order valence-corrected chi connectivity index (χ3v) is 3.09. The van der Waals surface area contributed by atoms with Gasteiger partial charge in [-0.1, -0.05) is 6.08 Å². The van der Waals surface area contributed by atoms with Crippen molar-refractivity contribution < 1.29 is 14.3 Å². The normalized spacial score (nSPS) is 9.67. The van der Waals surface area contributed by atoms with Crippen LogP contribution in [0.1, 0.15) is 0 Å². The van der Waals surface area contributed by atoms with Crippen LogP contribution in [0.2, 0.25) is 0 Å². The first kappa shape index (κ1) is 14.4. The molecule has 1 rings (SSSR count). The Bertz CT molecular complexity index is 421. The molecule has 0 atom stereocenters. The van der Waals surface area contributed by atoms with E-state index in [1.165, 1.54) is 11.8 Å². The summed E-state index contributed by atoms with van der Waals surface area (Å²) < 4.78 is 10.3. The lowest BCUT2D eigenvalue weighted by Gasteiger charge is -2.11. The Labute approximate surface area is 111 Å². The topological polar surface area (TPSA) is 47.6 Å². The molecule has 1 N–H and O–H groups in total. The second kappa shape index (κ2) is 7.66. The molecule has 1 amide bonds. The number of carbonyl (C=O) groups excluding carboxylic acids is 1. The van der Waals surface area contributed by atoms with Crippen LogP contribution in [0.4, 0.5) is 5.69 Å². The fourth-order valence-electron chi connectivity index (χ4n) is 1.32. The van der Waals surface area contributed by atoms with Crippen LogP contribution in [-0.2, 0) is 4.79 Å². The Balaban J connectivity index is 2.65. The summed E-state index contributed by atoms with van der Waals surface area (Å²) in [5.41, 5.74) is 0.641. The van der Waals surface area contributed by atoms with Gasteiger partial charge in [0.05, 0.1) is 25.7 Å². The molecule has 98 valence electrons. The van der Waals surface area contributed by atoms with Gasteiger partial charge in [-0.15, -0.1) is 18.3 Å². The summed E-state index contributed by atoms with van der Waals surface area (Å²) in [4.78, 5) is 11.7. The molecule has 0 aromatic heterocycles. The third-order valence-electron chi connectivity index (χ3n) is 2.15. The molecule has 0 aliphatic carbocycles. The molecule has 0 heterocycles. The summed E-state index contributed by atoms with van der Waals surface area (Å²) in [6.07, 6.45) is 1.77. The zero-order valence-electron chi connectivity index (χ0n) is 10.6. The highest BCUT2D eigenvalue weighted by Crippen LogP contribution is 2.29. The molecule has 5 heteroatoms. The van der Waals surface area contributed by atoms with Crippen LogP contribution >= 0.6 is 11.8 Å². The van der Waals surface area contributed by atoms with Gasteiger partial charge in [0, 0.05) is 11.8 Å². The second-order valence-corrected chi connectivity index (χ2v) is 4.45. The van der Waals surface area contributed by atoms with E-state index in [1.807, 2.05) is 0 Å². The van der Waals surface area contributed by atoms with Crippen LogP contribution in [0, 0.1) is 0 Å². The standard InChI is InChI=1S/C13H17NO3S/c1-4-7-18-9-13(15)14-11-6-5-10(16-2)8-12(11)17-3/h4-6,8H,1,7,9H2,2-3H3,(H,14,15). The van der Waals surface area contributed by atoms with Gasteiger partial charge >= 0.3 is 0 Å². The predicted molar refractivity (Wildman–Crippen MR) is 75.7 cm³/mol. The maximum Gasteiger partial charge on any atom is 0.234 e. The molecular formula is C13H17NO3S. The summed E-state index contributed by atoms with van der Waals surface area (Å²) in [6.45, 7) is 3.60. The number of hydrogen-bond donors (Lipinski definition) is 1. The van der Waals surface area contributed by atoms with Gasteiger partial charge < -0.3 is 14.8 Å². The average Bonchev–Trinajstić information content (AvgIpc) is 2.39. The van der Waals surface area contributed by atoms with Crippen LogP contribution in [0.15, 0.2) is 30.9 Å². The Kier molecular flexibility index (Phi) is 6.14. The number of thioether (sulfide) groups is 1. The minimum atomic E-state index is -0.0645. The van der Waals surface area contributed by atoms with Crippen LogP contribution < -0.4 is 14.8 Å². The van der Waals surface area contributed by atoms with Gasteiger partial charge in [-0.2, -0.15) is 0 Å². The molecular weight excluding hydrogens is 250 g/mol. The zero-order valence-corrected chi connectivity index (χ0v) is 11.4. The van der Waals surface area contributed by atoms with Crippen molar-refractivity contribution in [3.8, 4) is 11.5 Å². The fourth-order valence-corrected chi connectivity index (χ4v) is 1.87. The van der Waals surface area contributed by atoms with E-state index in [2.05, 4.69) is 11.9 Å². The molecule has 0 fully saturated rings. The molecule has 0 aliphatic heterocycles. The monoisotopic (exact) mass is 267 g/mol. The van der Waals surface area contributed by atoms with Gasteiger partial charge in [0.25, 0.3) is 0 Å². The van der Waals surface area contributed by atoms with Crippen molar-refractivity contribution in [2.45, 2.75) is 0 Å². The summed E-state index contributed by atoms with van der Waals surface area (Å²) in [6, 6.07) is 5.26. The van der Waals surface area contributed by atoms with Crippen molar-refractivity contribution in [3.05, 3.63) is 30.9 Å². The number of amides is 1. The van der Waals surface area contributed by atoms with Crippen molar-refractivity contribution in [1.29, 1.82) is 0 Å². The first-order valence-corrected chi connectivity index (χ1v) is 6.57. The lowest BCUT2D eigenvalue weighted by molar-refractivity contribution is -0.113. The molecule has 0 unspecified atom stereocenters. The average molecular weight is 267 g/mol. The zero-order chi connectivity index (χ0) is 13.4. The minimum Gasteiger partial charge on any atom is -0.497 e. The number of anilines is 1. The summed E-state index contributed by atoms with van der Waals surface area (Å²) in [5, 5.41) is 2.80. The Morgan fingerprint density at radius 2 is 2.22 bits per heavy atom. The van der Waals surface area contributed by atoms with E-state index in [1.54, 1.807) is 38.5 Å². The van der Waals surface area contributed by atoms with E-state index in [-0.39, 0.29) is 5.91 Å². The number of hydrogen-bond acceptors (Lipinski definition) is 4. The fraction of sp³-hybridized carbons (Fsp3) is 0.308. The molecule has 0 radical (unpaired) electrons. The number of methoxy groups -OCH3 is 2. The second-order valence-electron chi connectivity index (χ2n) is 3.42. The Morgan fingerprint density at radius 3 is 2.83 bits per heavy atom. The Hall–Kier alpha value is -1.62. The first-order valence-electron chi connectivity index (χ1n) is 5.41. The lowest BCUT2D eigenvalue weighted by atomic mass is 10.2. The van der Waals surface area contributed by atoms with Gasteiger partial charge in [0.2, 0.25) is 5.91 Å². The maximum atomic E-state index is 11.7. The van der Waals surface area contributed by atoms with Gasteiger partial charge in [0.15, 0.2) is 0 Å². The first-order chi connectivity index (χ1) is 8.71. The van der Waals surface area contributed by atoms with Crippen molar-refractivity contribution in [3.63, 3.8) is 0 Å². The van der Waals surface area contributed by atoms with Gasteiger partial charge in [-0.3, -0.25) is 4.79 Å². The number of nitrogens with one attached hydrogen (secondary N) is 1. The molecule has 4 nitrogen and oxygen atoms in total. The Morgan fingerprint density at radius 1 is 1.44 bits per heavy atom. The van der Waals surface area contributed by atoms with Crippen molar-refractivity contribution in [2.24, 2.45) is 0 Å². The van der Waals surface area contributed by atoms with E-state index in [0.29, 0.717) is 22.9 Å². The highest BCUT2D eigenvalue weighted by Gasteiger charge is 2.08. The van der Waals surface area contributed by atoms with Crippen molar-refractivity contribution in [2.75, 3.05) is 31.0 Å². The lowest BCUT2D eigenvalue weighted by Crippen LogP contribution is -2.14. The number of rotatable bonds is 7. The minimum absolute atomic E-state index is 0.0645. The van der Waals surface area contributed by atoms with Gasteiger partial charge in [-0.05, 0) is 12.1 Å². The van der Waals surface area contributed by atoms with Crippen molar-refractivity contribution in [1.82, 2.24) is 0 Å². The molecule has 1 aromatic rings. The van der Waals surface area contributed by atoms with Crippen LogP contribution in [0.3, 0.4) is 0 Å². The largest absolute Gasteiger partial charge is 0.497 e. The van der Waals surface area contributed by atoms with E-state index >= 15 is 0 Å². The van der Waals surface area contributed by atoms with Gasteiger partial charge in [-0.25, -0.2) is 0 Å². The van der Waals surface area contributed by atoms with Crippen LogP contribution in [-0.4, -0.2) is 31.6 Å². The third kappa shape index (κ3) is 4.33. The predicted octanol–water partition coefficient (Wildman–Crippen LogP) is 2.56. The number of benzene rings is 1. The molecule has 0 spiro atoms. The molecule has 0 aliphatic rings. The van der Waals surface area contributed by atoms with E-state index in [9.17, 15) is 4.79 Å². The van der Waals surface area contributed by atoms with E-state index in [4.69, 9.17) is 9.47 Å². The molecule has 0 bridgehead atoms. The molecule has 0 saturated carbocycles. The van der Waals surface area contributed by atoms with Crippen LogP contribution in [0.5, 0.6) is 11.5 Å². The van der Waals surface area contributed by atoms with Gasteiger partial charge in [0.1, 0.15) is 11.5 Å². The highest BCUT2D eigenvalue weighted by atomic mass is 32.2. The quantitative estimate of drug-likeness (QED) is 0.609. The smallest absolute Gasteiger partial charge is 0.234 e. The summed E-state index contributed by atoms with van der Waals surface area (Å²) >= 11 is 1.51. The number of ether oxygens (including phenoxy) is 2. The molecule has 18 heavy (non-hydrogen) atoms. The van der Waals surface area contributed by atoms with Crippen LogP contribution in [0.25, 0.3) is 0 Å². The van der Waals surface area contributed by atoms with E-state index in [0.717, 1.165) is 5.75 Å². The summed E-state index contributed by atoms with van der Waals surface area (Å²) in [7, 11) is 3.13. The SMILES string of the molecule is C=CCSCC(=O)Nc1ccc(OC)cc1OC.